The molecule has 98 valence electrons. The number of allylic oxidation sites excluding steroid dienone is 6. The Morgan fingerprint density at radius 1 is 1.05 bits per heavy atom. The quantitative estimate of drug-likeness (QED) is 0.575. The predicted octanol–water partition coefficient (Wildman–Crippen LogP) is 4.72. The normalized spacial score (nSPS) is 13.3. The number of nitrogens with one attached hydrogen (secondary N) is 1. The fraction of sp³-hybridized carbons (Fsp3) is 0.118. The SMILES string of the molecule is C\C=C/C(=C\C)/N=C\C=C\C=C\Nc1ccccc1. The van der Waals surface area contributed by atoms with Crippen LogP contribution in [0.4, 0.5) is 5.69 Å². The molecule has 0 fully saturated rings. The molecule has 0 unspecified atom stereocenters. The van der Waals surface area contributed by atoms with Crippen molar-refractivity contribution in [3.63, 3.8) is 0 Å². The molecule has 1 aromatic rings. The average Bonchev–Trinajstić information content (AvgIpc) is 2.46. The minimum atomic E-state index is 0.957. The Labute approximate surface area is 115 Å². The third-order valence-corrected chi connectivity index (χ3v) is 2.29. The molecule has 0 aliphatic heterocycles. The first-order chi connectivity index (χ1) is 9.36. The molecule has 0 saturated heterocycles. The number of anilines is 1. The molecule has 0 aliphatic carbocycles. The highest BCUT2D eigenvalue weighted by molar-refractivity contribution is 5.73. The molecule has 2 heteroatoms. The van der Waals surface area contributed by atoms with Crippen LogP contribution in [0.5, 0.6) is 0 Å². The largest absolute Gasteiger partial charge is 0.362 e. The maximum absolute atomic E-state index is 4.30. The van der Waals surface area contributed by atoms with Gasteiger partial charge in [0.05, 0.1) is 5.70 Å². The van der Waals surface area contributed by atoms with Crippen molar-refractivity contribution in [3.05, 3.63) is 78.7 Å². The van der Waals surface area contributed by atoms with Crippen molar-refractivity contribution < 1.29 is 0 Å². The molecule has 0 spiro atoms. The molecule has 0 saturated carbocycles. The lowest BCUT2D eigenvalue weighted by molar-refractivity contribution is 1.39. The van der Waals surface area contributed by atoms with Crippen LogP contribution < -0.4 is 5.32 Å². The highest BCUT2D eigenvalue weighted by Crippen LogP contribution is 2.04. The number of rotatable bonds is 6. The second kappa shape index (κ2) is 9.66. The molecule has 0 heterocycles. The van der Waals surface area contributed by atoms with E-state index in [1.54, 1.807) is 6.21 Å². The molecule has 1 rings (SSSR count). The van der Waals surface area contributed by atoms with Crippen LogP contribution in [-0.2, 0) is 0 Å². The van der Waals surface area contributed by atoms with Gasteiger partial charge in [-0.2, -0.15) is 0 Å². The molecule has 0 radical (unpaired) electrons. The molecular weight excluding hydrogens is 232 g/mol. The van der Waals surface area contributed by atoms with Crippen LogP contribution in [0.3, 0.4) is 0 Å². The standard InChI is InChI=1S/C17H20N2/c1-3-11-16(4-2)18-14-9-6-10-15-19-17-12-7-5-8-13-17/h3-15,19H,1-2H3/b9-6+,11-3-,15-10+,16-4+,18-14-. The Morgan fingerprint density at radius 2 is 1.84 bits per heavy atom. The van der Waals surface area contributed by atoms with Gasteiger partial charge in [-0.15, -0.1) is 0 Å². The first-order valence-corrected chi connectivity index (χ1v) is 6.33. The zero-order chi connectivity index (χ0) is 13.8. The third-order valence-electron chi connectivity index (χ3n) is 2.29. The number of para-hydroxylation sites is 1. The molecule has 0 amide bonds. The second-order valence-corrected chi connectivity index (χ2v) is 3.75. The summed E-state index contributed by atoms with van der Waals surface area (Å²) in [4.78, 5) is 4.30. The van der Waals surface area contributed by atoms with Crippen LogP contribution in [-0.4, -0.2) is 6.21 Å². The first kappa shape index (κ1) is 14.7. The summed E-state index contributed by atoms with van der Waals surface area (Å²) in [6.07, 6.45) is 15.3. The van der Waals surface area contributed by atoms with Gasteiger partial charge in [0.2, 0.25) is 0 Å². The fourth-order valence-corrected chi connectivity index (χ4v) is 1.36. The Hall–Kier alpha value is -2.35. The molecule has 0 aliphatic rings. The number of benzene rings is 1. The van der Waals surface area contributed by atoms with Gasteiger partial charge in [-0.05, 0) is 44.2 Å². The molecule has 1 aromatic carbocycles. The highest BCUT2D eigenvalue weighted by atomic mass is 14.8. The summed E-state index contributed by atoms with van der Waals surface area (Å²) >= 11 is 0. The Bertz CT molecular complexity index is 491. The highest BCUT2D eigenvalue weighted by Gasteiger charge is 1.82. The minimum Gasteiger partial charge on any atom is -0.362 e. The summed E-state index contributed by atoms with van der Waals surface area (Å²) in [7, 11) is 0. The van der Waals surface area contributed by atoms with Crippen molar-refractivity contribution >= 4 is 11.9 Å². The van der Waals surface area contributed by atoms with Crippen LogP contribution in [0, 0.1) is 0 Å². The number of hydrogen-bond donors (Lipinski definition) is 1. The summed E-state index contributed by atoms with van der Waals surface area (Å²) in [5.41, 5.74) is 2.03. The number of hydrogen-bond acceptors (Lipinski definition) is 2. The van der Waals surface area contributed by atoms with Gasteiger partial charge in [-0.1, -0.05) is 36.4 Å². The lowest BCUT2D eigenvalue weighted by Crippen LogP contribution is -1.84. The monoisotopic (exact) mass is 252 g/mol. The van der Waals surface area contributed by atoms with Gasteiger partial charge in [0.1, 0.15) is 0 Å². The molecule has 19 heavy (non-hydrogen) atoms. The van der Waals surface area contributed by atoms with Gasteiger partial charge < -0.3 is 5.32 Å². The molecule has 0 aromatic heterocycles. The van der Waals surface area contributed by atoms with E-state index in [2.05, 4.69) is 10.3 Å². The van der Waals surface area contributed by atoms with E-state index in [4.69, 9.17) is 0 Å². The Balaban J connectivity index is 2.36. The van der Waals surface area contributed by atoms with Gasteiger partial charge in [0, 0.05) is 18.1 Å². The van der Waals surface area contributed by atoms with Crippen molar-refractivity contribution in [1.82, 2.24) is 0 Å². The van der Waals surface area contributed by atoms with E-state index in [1.165, 1.54) is 0 Å². The number of aliphatic imine (C=N–C) groups is 1. The van der Waals surface area contributed by atoms with Gasteiger partial charge in [0.15, 0.2) is 0 Å². The van der Waals surface area contributed by atoms with E-state index in [9.17, 15) is 0 Å². The molecule has 1 N–H and O–H groups in total. The molecular formula is C17H20N2. The summed E-state index contributed by atoms with van der Waals surface area (Å²) in [6, 6.07) is 10.0. The van der Waals surface area contributed by atoms with Crippen LogP contribution in [0.25, 0.3) is 0 Å². The second-order valence-electron chi connectivity index (χ2n) is 3.75. The van der Waals surface area contributed by atoms with E-state index in [0.717, 1.165) is 11.4 Å². The first-order valence-electron chi connectivity index (χ1n) is 6.33. The predicted molar refractivity (Wildman–Crippen MR) is 85.4 cm³/mol. The van der Waals surface area contributed by atoms with Gasteiger partial charge in [-0.25, -0.2) is 0 Å². The van der Waals surface area contributed by atoms with Gasteiger partial charge in [-0.3, -0.25) is 4.99 Å². The average molecular weight is 252 g/mol. The van der Waals surface area contributed by atoms with Crippen LogP contribution >= 0.6 is 0 Å². The van der Waals surface area contributed by atoms with E-state index >= 15 is 0 Å². The third kappa shape index (κ3) is 6.84. The van der Waals surface area contributed by atoms with Crippen molar-refractivity contribution in [1.29, 1.82) is 0 Å². The van der Waals surface area contributed by atoms with Crippen molar-refractivity contribution in [2.75, 3.05) is 5.32 Å². The topological polar surface area (TPSA) is 24.4 Å². The summed E-state index contributed by atoms with van der Waals surface area (Å²) in [6.45, 7) is 3.95. The zero-order valence-corrected chi connectivity index (χ0v) is 11.5. The van der Waals surface area contributed by atoms with Gasteiger partial charge >= 0.3 is 0 Å². The van der Waals surface area contributed by atoms with E-state index in [-0.39, 0.29) is 0 Å². The van der Waals surface area contributed by atoms with Crippen LogP contribution in [0.15, 0.2) is 83.7 Å². The zero-order valence-electron chi connectivity index (χ0n) is 11.5. The Morgan fingerprint density at radius 3 is 2.53 bits per heavy atom. The van der Waals surface area contributed by atoms with E-state index < -0.39 is 0 Å². The summed E-state index contributed by atoms with van der Waals surface area (Å²) in [5, 5.41) is 3.18. The Kier molecular flexibility index (Phi) is 7.48. The number of nitrogens with zero attached hydrogens (tertiary/aromatic N) is 1. The smallest absolute Gasteiger partial charge is 0.0583 e. The molecule has 0 atom stereocenters. The fourth-order valence-electron chi connectivity index (χ4n) is 1.36. The van der Waals surface area contributed by atoms with E-state index in [0.29, 0.717) is 0 Å². The van der Waals surface area contributed by atoms with Crippen molar-refractivity contribution in [3.8, 4) is 0 Å². The maximum Gasteiger partial charge on any atom is 0.0583 e. The van der Waals surface area contributed by atoms with Gasteiger partial charge in [0.25, 0.3) is 0 Å². The van der Waals surface area contributed by atoms with Crippen molar-refractivity contribution in [2.24, 2.45) is 4.99 Å². The molecule has 0 bridgehead atoms. The minimum absolute atomic E-state index is 0.957. The summed E-state index contributed by atoms with van der Waals surface area (Å²) < 4.78 is 0. The van der Waals surface area contributed by atoms with Crippen LogP contribution in [0.2, 0.25) is 0 Å². The lowest BCUT2D eigenvalue weighted by atomic mass is 10.3. The molecule has 2 nitrogen and oxygen atoms in total. The van der Waals surface area contributed by atoms with Crippen molar-refractivity contribution in [2.45, 2.75) is 13.8 Å². The lowest BCUT2D eigenvalue weighted by Gasteiger charge is -1.97. The summed E-state index contributed by atoms with van der Waals surface area (Å²) in [5.74, 6) is 0. The van der Waals surface area contributed by atoms with Crippen LogP contribution in [0.1, 0.15) is 13.8 Å². The van der Waals surface area contributed by atoms with E-state index in [1.807, 2.05) is 86.8 Å². The maximum atomic E-state index is 4.30.